The van der Waals surface area contributed by atoms with Gasteiger partial charge in [0.2, 0.25) is 0 Å². The molecule has 35 heavy (non-hydrogen) atoms. The van der Waals surface area contributed by atoms with Gasteiger partial charge in [0, 0.05) is 48.5 Å². The van der Waals surface area contributed by atoms with E-state index in [9.17, 15) is 9.90 Å². The molecular weight excluding hydrogens is 438 g/mol. The fourth-order valence-electron chi connectivity index (χ4n) is 6.58. The zero-order valence-corrected chi connectivity index (χ0v) is 20.7. The standard InChI is InChI=1S/C28H33N5O2/c1-27-9-10-28(2,31-27)17-21(16-27)33-11-4-5-20-13-23(29-30-26(20)33)22-7-6-18(14-24(22)34)19-8-12-32(3)25(35)15-19/h6-8,12-15,21,31,34H,4-5,9-11,16-17H2,1-3H3/t21-,27-,28+. The van der Waals surface area contributed by atoms with Crippen LogP contribution in [0.1, 0.15) is 51.5 Å². The number of aromatic nitrogens is 3. The fourth-order valence-corrected chi connectivity index (χ4v) is 6.58. The Morgan fingerprint density at radius 1 is 1.03 bits per heavy atom. The molecule has 1 aromatic carbocycles. The molecule has 0 radical (unpaired) electrons. The third kappa shape index (κ3) is 3.92. The van der Waals surface area contributed by atoms with Crippen LogP contribution in [-0.4, -0.2) is 43.5 Å². The van der Waals surface area contributed by atoms with Gasteiger partial charge in [0.25, 0.3) is 5.56 Å². The van der Waals surface area contributed by atoms with E-state index in [1.807, 2.05) is 18.2 Å². The fraction of sp³-hybridized carbons (Fsp3) is 0.464. The zero-order valence-electron chi connectivity index (χ0n) is 20.7. The summed E-state index contributed by atoms with van der Waals surface area (Å²) in [5.41, 5.74) is 4.45. The molecular formula is C28H33N5O2. The summed E-state index contributed by atoms with van der Waals surface area (Å²) in [5.74, 6) is 1.15. The zero-order chi connectivity index (χ0) is 24.4. The average Bonchev–Trinajstić information content (AvgIpc) is 3.06. The second-order valence-electron chi connectivity index (χ2n) is 11.3. The summed E-state index contributed by atoms with van der Waals surface area (Å²) in [7, 11) is 1.72. The molecule has 2 bridgehead atoms. The van der Waals surface area contributed by atoms with Crippen molar-refractivity contribution in [2.24, 2.45) is 7.05 Å². The highest BCUT2D eigenvalue weighted by atomic mass is 16.3. The van der Waals surface area contributed by atoms with Crippen LogP contribution in [0.4, 0.5) is 5.82 Å². The van der Waals surface area contributed by atoms with Gasteiger partial charge in [-0.3, -0.25) is 4.79 Å². The van der Waals surface area contributed by atoms with Crippen molar-refractivity contribution in [1.29, 1.82) is 0 Å². The van der Waals surface area contributed by atoms with Gasteiger partial charge in [-0.1, -0.05) is 6.07 Å². The van der Waals surface area contributed by atoms with Crippen molar-refractivity contribution in [1.82, 2.24) is 20.1 Å². The largest absolute Gasteiger partial charge is 0.507 e. The first-order chi connectivity index (χ1) is 16.7. The van der Waals surface area contributed by atoms with Gasteiger partial charge >= 0.3 is 0 Å². The lowest BCUT2D eigenvalue weighted by atomic mass is 9.83. The van der Waals surface area contributed by atoms with Crippen LogP contribution in [0.2, 0.25) is 0 Å². The highest BCUT2D eigenvalue weighted by Gasteiger charge is 2.50. The molecule has 7 nitrogen and oxygen atoms in total. The normalized spacial score (nSPS) is 27.6. The maximum Gasteiger partial charge on any atom is 0.250 e. The van der Waals surface area contributed by atoms with E-state index in [0.717, 1.165) is 49.2 Å². The minimum absolute atomic E-state index is 0.0825. The van der Waals surface area contributed by atoms with E-state index in [-0.39, 0.29) is 22.4 Å². The Labute approximate surface area is 205 Å². The molecule has 3 aromatic rings. The van der Waals surface area contributed by atoms with Crippen molar-refractivity contribution in [2.75, 3.05) is 11.4 Å². The first-order valence-corrected chi connectivity index (χ1v) is 12.7. The molecule has 2 aromatic heterocycles. The Kier molecular flexibility index (Phi) is 5.04. The number of aromatic hydroxyl groups is 1. The van der Waals surface area contributed by atoms with Crippen LogP contribution in [0.15, 0.2) is 47.4 Å². The van der Waals surface area contributed by atoms with Crippen molar-refractivity contribution in [3.8, 4) is 28.1 Å². The second-order valence-corrected chi connectivity index (χ2v) is 11.3. The minimum atomic E-state index is -0.0825. The predicted octanol–water partition coefficient (Wildman–Crippen LogP) is 4.03. The summed E-state index contributed by atoms with van der Waals surface area (Å²) in [6.45, 7) is 5.75. The number of anilines is 1. The van der Waals surface area contributed by atoms with Gasteiger partial charge in [-0.2, -0.15) is 0 Å². The lowest BCUT2D eigenvalue weighted by Crippen LogP contribution is -2.59. The smallest absolute Gasteiger partial charge is 0.250 e. The number of pyridine rings is 1. The molecule has 3 aliphatic heterocycles. The maximum atomic E-state index is 12.0. The van der Waals surface area contributed by atoms with Crippen LogP contribution in [0.3, 0.4) is 0 Å². The van der Waals surface area contributed by atoms with Crippen molar-refractivity contribution < 1.29 is 5.11 Å². The van der Waals surface area contributed by atoms with Crippen LogP contribution >= 0.6 is 0 Å². The molecule has 0 saturated carbocycles. The van der Waals surface area contributed by atoms with Crippen LogP contribution in [0.25, 0.3) is 22.4 Å². The van der Waals surface area contributed by atoms with Crippen LogP contribution < -0.4 is 15.8 Å². The van der Waals surface area contributed by atoms with E-state index in [0.29, 0.717) is 17.3 Å². The van der Waals surface area contributed by atoms with E-state index >= 15 is 0 Å². The highest BCUT2D eigenvalue weighted by Crippen LogP contribution is 2.45. The summed E-state index contributed by atoms with van der Waals surface area (Å²) < 4.78 is 1.53. The molecule has 0 unspecified atom stereocenters. The van der Waals surface area contributed by atoms with Crippen LogP contribution in [0.5, 0.6) is 5.75 Å². The predicted molar refractivity (Wildman–Crippen MR) is 138 cm³/mol. The van der Waals surface area contributed by atoms with E-state index in [1.54, 1.807) is 25.4 Å². The lowest BCUT2D eigenvalue weighted by Gasteiger charge is -2.47. The molecule has 0 amide bonds. The van der Waals surface area contributed by atoms with Crippen LogP contribution in [0, 0.1) is 0 Å². The molecule has 0 aliphatic carbocycles. The number of hydrogen-bond donors (Lipinski definition) is 2. The van der Waals surface area contributed by atoms with Gasteiger partial charge in [0.15, 0.2) is 5.82 Å². The van der Waals surface area contributed by atoms with Crippen molar-refractivity contribution in [3.63, 3.8) is 0 Å². The Morgan fingerprint density at radius 2 is 1.77 bits per heavy atom. The first kappa shape index (κ1) is 22.3. The number of phenols is 1. The molecule has 3 aliphatic rings. The van der Waals surface area contributed by atoms with E-state index in [2.05, 4.69) is 35.2 Å². The van der Waals surface area contributed by atoms with E-state index < -0.39 is 0 Å². The monoisotopic (exact) mass is 471 g/mol. The Balaban J connectivity index is 1.30. The maximum absolute atomic E-state index is 12.0. The van der Waals surface area contributed by atoms with Crippen molar-refractivity contribution in [3.05, 3.63) is 58.5 Å². The highest BCUT2D eigenvalue weighted by molar-refractivity contribution is 5.75. The topological polar surface area (TPSA) is 83.3 Å². The number of benzene rings is 1. The number of hydrogen-bond acceptors (Lipinski definition) is 6. The third-order valence-electron chi connectivity index (χ3n) is 8.32. The summed E-state index contributed by atoms with van der Waals surface area (Å²) >= 11 is 0. The third-order valence-corrected chi connectivity index (χ3v) is 8.32. The average molecular weight is 472 g/mol. The number of rotatable bonds is 3. The number of aryl methyl sites for hydroxylation is 2. The van der Waals surface area contributed by atoms with E-state index in [4.69, 9.17) is 5.10 Å². The Morgan fingerprint density at radius 3 is 2.49 bits per heavy atom. The number of piperidine rings is 1. The number of fused-ring (bicyclic) bond motifs is 3. The Bertz CT molecular complexity index is 1350. The molecule has 6 rings (SSSR count). The molecule has 2 fully saturated rings. The Hall–Kier alpha value is -3.19. The van der Waals surface area contributed by atoms with Gasteiger partial charge < -0.3 is 19.9 Å². The summed E-state index contributed by atoms with van der Waals surface area (Å²) in [6.07, 6.45) is 8.55. The quantitative estimate of drug-likeness (QED) is 0.600. The molecule has 2 saturated heterocycles. The van der Waals surface area contributed by atoms with Gasteiger partial charge in [0.1, 0.15) is 5.75 Å². The molecule has 7 heteroatoms. The molecule has 2 N–H and O–H groups in total. The molecule has 3 atom stereocenters. The van der Waals surface area contributed by atoms with E-state index in [1.165, 1.54) is 23.0 Å². The first-order valence-electron chi connectivity index (χ1n) is 12.7. The van der Waals surface area contributed by atoms with Crippen molar-refractivity contribution >= 4 is 5.82 Å². The molecule has 182 valence electrons. The van der Waals surface area contributed by atoms with Gasteiger partial charge in [-0.05, 0) is 93.3 Å². The SMILES string of the molecule is Cn1ccc(-c2ccc(-c3cc4c(nn3)N([C@H]3C[C@]5(C)CC[C@](C)(C3)N5)CCC4)c(O)c2)cc1=O. The number of nitrogens with one attached hydrogen (secondary N) is 1. The summed E-state index contributed by atoms with van der Waals surface area (Å²) in [6, 6.07) is 11.5. The number of nitrogens with zero attached hydrogens (tertiary/aromatic N) is 4. The van der Waals surface area contributed by atoms with Crippen LogP contribution in [-0.2, 0) is 13.5 Å². The van der Waals surface area contributed by atoms with Gasteiger partial charge in [-0.15, -0.1) is 10.2 Å². The van der Waals surface area contributed by atoms with Gasteiger partial charge in [0.05, 0.1) is 5.69 Å². The summed E-state index contributed by atoms with van der Waals surface area (Å²) in [5, 5.41) is 24.0. The molecule has 0 spiro atoms. The molecule has 5 heterocycles. The van der Waals surface area contributed by atoms with Crippen molar-refractivity contribution in [2.45, 2.75) is 69.5 Å². The summed E-state index contributed by atoms with van der Waals surface area (Å²) in [4.78, 5) is 14.5. The van der Waals surface area contributed by atoms with Gasteiger partial charge in [-0.25, -0.2) is 0 Å². The second kappa shape index (κ2) is 7.92. The number of phenolic OH excluding ortho intramolecular Hbond substituents is 1. The minimum Gasteiger partial charge on any atom is -0.507 e. The lowest BCUT2D eigenvalue weighted by molar-refractivity contribution is 0.203.